The maximum absolute atomic E-state index is 6.04. The van der Waals surface area contributed by atoms with Gasteiger partial charge in [0.05, 0.1) is 5.69 Å². The Bertz CT molecular complexity index is 1130. The predicted octanol–water partition coefficient (Wildman–Crippen LogP) is 7.31. The Labute approximate surface area is 160 Å². The summed E-state index contributed by atoms with van der Waals surface area (Å²) >= 11 is 0. The Morgan fingerprint density at radius 1 is 0.889 bits per heavy atom. The standard InChI is InChI=1S/C25H25NO/c1-16-12-21-14-17(2)27-25(21)23(13-16)24-22-9-8-19(15-20(22)10-11-26-24)18-6-4-3-5-7-18/h8-15,18H,3-7H2,1-2H3. The van der Waals surface area contributed by atoms with Gasteiger partial charge in [0.2, 0.25) is 0 Å². The molecule has 5 rings (SSSR count). The van der Waals surface area contributed by atoms with Crippen LogP contribution < -0.4 is 0 Å². The maximum Gasteiger partial charge on any atom is 0.143 e. The second-order valence-corrected chi connectivity index (χ2v) is 8.06. The van der Waals surface area contributed by atoms with E-state index in [0.29, 0.717) is 0 Å². The molecule has 136 valence electrons. The molecule has 0 spiro atoms. The van der Waals surface area contributed by atoms with Crippen molar-refractivity contribution in [1.82, 2.24) is 4.98 Å². The van der Waals surface area contributed by atoms with Crippen LogP contribution in [0.1, 0.15) is 54.9 Å². The van der Waals surface area contributed by atoms with Crippen LogP contribution in [0.5, 0.6) is 0 Å². The van der Waals surface area contributed by atoms with Crippen molar-refractivity contribution in [2.75, 3.05) is 0 Å². The summed E-state index contributed by atoms with van der Waals surface area (Å²) in [5.41, 5.74) is 5.77. The van der Waals surface area contributed by atoms with E-state index >= 15 is 0 Å². The number of rotatable bonds is 2. The minimum Gasteiger partial charge on any atom is -0.461 e. The van der Waals surface area contributed by atoms with Gasteiger partial charge in [-0.3, -0.25) is 4.98 Å². The van der Waals surface area contributed by atoms with E-state index in [1.165, 1.54) is 54.0 Å². The molecule has 0 bridgehead atoms. The molecule has 2 heterocycles. The fourth-order valence-electron chi connectivity index (χ4n) is 4.71. The zero-order chi connectivity index (χ0) is 18.4. The van der Waals surface area contributed by atoms with Crippen molar-refractivity contribution in [2.24, 2.45) is 0 Å². The van der Waals surface area contributed by atoms with Gasteiger partial charge in [0.1, 0.15) is 11.3 Å². The van der Waals surface area contributed by atoms with Gasteiger partial charge in [0.15, 0.2) is 0 Å². The van der Waals surface area contributed by atoms with Gasteiger partial charge in [-0.1, -0.05) is 37.5 Å². The Balaban J connectivity index is 1.68. The fraction of sp³-hybridized carbons (Fsp3) is 0.320. The first-order valence-corrected chi connectivity index (χ1v) is 10.1. The number of fused-ring (bicyclic) bond motifs is 2. The van der Waals surface area contributed by atoms with Gasteiger partial charge >= 0.3 is 0 Å². The van der Waals surface area contributed by atoms with Crippen LogP contribution in [0.3, 0.4) is 0 Å². The van der Waals surface area contributed by atoms with Gasteiger partial charge in [0, 0.05) is 22.5 Å². The molecule has 0 unspecified atom stereocenters. The molecular weight excluding hydrogens is 330 g/mol. The summed E-state index contributed by atoms with van der Waals surface area (Å²) in [6.45, 7) is 4.14. The molecule has 27 heavy (non-hydrogen) atoms. The predicted molar refractivity (Wildman–Crippen MR) is 112 cm³/mol. The summed E-state index contributed by atoms with van der Waals surface area (Å²) in [5, 5.41) is 3.64. The number of furan rings is 1. The molecule has 2 heteroatoms. The molecule has 4 aromatic rings. The van der Waals surface area contributed by atoms with Crippen molar-refractivity contribution in [1.29, 1.82) is 0 Å². The third-order valence-electron chi connectivity index (χ3n) is 6.00. The summed E-state index contributed by atoms with van der Waals surface area (Å²) in [6, 6.07) is 15.6. The van der Waals surface area contributed by atoms with Crippen LogP contribution in [0.25, 0.3) is 33.0 Å². The van der Waals surface area contributed by atoms with Crippen LogP contribution in [0, 0.1) is 13.8 Å². The molecule has 1 saturated carbocycles. The van der Waals surface area contributed by atoms with E-state index < -0.39 is 0 Å². The number of hydrogen-bond acceptors (Lipinski definition) is 2. The summed E-state index contributed by atoms with van der Waals surface area (Å²) in [4.78, 5) is 4.76. The lowest BCUT2D eigenvalue weighted by atomic mass is 9.83. The fourth-order valence-corrected chi connectivity index (χ4v) is 4.71. The number of pyridine rings is 1. The van der Waals surface area contributed by atoms with Crippen LogP contribution in [0.15, 0.2) is 53.1 Å². The van der Waals surface area contributed by atoms with Crippen molar-refractivity contribution in [3.63, 3.8) is 0 Å². The van der Waals surface area contributed by atoms with Crippen LogP contribution in [-0.2, 0) is 0 Å². The molecule has 0 aliphatic heterocycles. The summed E-state index contributed by atoms with van der Waals surface area (Å²) in [6.07, 6.45) is 8.71. The van der Waals surface area contributed by atoms with Gasteiger partial charge in [-0.2, -0.15) is 0 Å². The Kier molecular flexibility index (Phi) is 4.00. The van der Waals surface area contributed by atoms with Gasteiger partial charge in [-0.25, -0.2) is 0 Å². The first-order valence-electron chi connectivity index (χ1n) is 10.1. The summed E-state index contributed by atoms with van der Waals surface area (Å²) < 4.78 is 6.04. The van der Waals surface area contributed by atoms with Crippen molar-refractivity contribution in [3.8, 4) is 11.3 Å². The van der Waals surface area contributed by atoms with Gasteiger partial charge in [-0.05, 0) is 73.4 Å². The van der Waals surface area contributed by atoms with E-state index in [1.54, 1.807) is 0 Å². The molecule has 0 amide bonds. The van der Waals surface area contributed by atoms with E-state index in [4.69, 9.17) is 9.40 Å². The minimum atomic E-state index is 0.721. The maximum atomic E-state index is 6.04. The molecular formula is C25H25NO. The molecule has 2 aromatic carbocycles. The van der Waals surface area contributed by atoms with Crippen LogP contribution in [0.2, 0.25) is 0 Å². The van der Waals surface area contributed by atoms with E-state index in [-0.39, 0.29) is 0 Å². The van der Waals surface area contributed by atoms with Crippen molar-refractivity contribution in [2.45, 2.75) is 51.9 Å². The normalized spacial score (nSPS) is 15.6. The Hall–Kier alpha value is -2.61. The highest BCUT2D eigenvalue weighted by Gasteiger charge is 2.17. The highest BCUT2D eigenvalue weighted by atomic mass is 16.3. The van der Waals surface area contributed by atoms with E-state index in [0.717, 1.165) is 33.9 Å². The second-order valence-electron chi connectivity index (χ2n) is 8.06. The lowest BCUT2D eigenvalue weighted by molar-refractivity contribution is 0.444. The third-order valence-corrected chi connectivity index (χ3v) is 6.00. The summed E-state index contributed by atoms with van der Waals surface area (Å²) in [5.74, 6) is 1.66. The largest absolute Gasteiger partial charge is 0.461 e. The molecule has 1 fully saturated rings. The second kappa shape index (κ2) is 6.53. The number of hydrogen-bond donors (Lipinski definition) is 0. The van der Waals surface area contributed by atoms with Crippen LogP contribution in [0.4, 0.5) is 0 Å². The molecule has 0 radical (unpaired) electrons. The average molecular weight is 355 g/mol. The smallest absolute Gasteiger partial charge is 0.143 e. The zero-order valence-corrected chi connectivity index (χ0v) is 16.1. The first-order chi connectivity index (χ1) is 13.2. The lowest BCUT2D eigenvalue weighted by Crippen LogP contribution is -2.04. The van der Waals surface area contributed by atoms with E-state index in [9.17, 15) is 0 Å². The molecule has 0 saturated heterocycles. The van der Waals surface area contributed by atoms with Crippen molar-refractivity contribution in [3.05, 3.63) is 65.5 Å². The monoisotopic (exact) mass is 355 g/mol. The van der Waals surface area contributed by atoms with Crippen LogP contribution in [-0.4, -0.2) is 4.98 Å². The Morgan fingerprint density at radius 2 is 1.74 bits per heavy atom. The topological polar surface area (TPSA) is 26.0 Å². The molecule has 0 N–H and O–H groups in total. The molecule has 1 aliphatic carbocycles. The third kappa shape index (κ3) is 2.93. The molecule has 0 atom stereocenters. The van der Waals surface area contributed by atoms with E-state index in [2.05, 4.69) is 49.4 Å². The molecule has 2 aromatic heterocycles. The SMILES string of the molecule is Cc1cc(-c2nccc3cc(C4CCCCC4)ccc23)c2oc(C)cc2c1. The van der Waals surface area contributed by atoms with Crippen molar-refractivity contribution >= 4 is 21.7 Å². The minimum absolute atomic E-state index is 0.721. The van der Waals surface area contributed by atoms with Gasteiger partial charge < -0.3 is 4.42 Å². The van der Waals surface area contributed by atoms with Gasteiger partial charge in [-0.15, -0.1) is 0 Å². The first kappa shape index (κ1) is 16.6. The number of aromatic nitrogens is 1. The number of nitrogens with zero attached hydrogens (tertiary/aromatic N) is 1. The quantitative estimate of drug-likeness (QED) is 0.377. The van der Waals surface area contributed by atoms with Gasteiger partial charge in [0.25, 0.3) is 0 Å². The Morgan fingerprint density at radius 3 is 2.59 bits per heavy atom. The summed E-state index contributed by atoms with van der Waals surface area (Å²) in [7, 11) is 0. The van der Waals surface area contributed by atoms with Crippen LogP contribution >= 0.6 is 0 Å². The lowest BCUT2D eigenvalue weighted by Gasteiger charge is -2.22. The average Bonchev–Trinajstić information content (AvgIpc) is 3.07. The van der Waals surface area contributed by atoms with Crippen molar-refractivity contribution < 1.29 is 4.42 Å². The molecule has 2 nitrogen and oxygen atoms in total. The molecule has 1 aliphatic rings. The van der Waals surface area contributed by atoms with E-state index in [1.807, 2.05) is 13.1 Å². The zero-order valence-electron chi connectivity index (χ0n) is 16.1. The highest BCUT2D eigenvalue weighted by Crippen LogP contribution is 2.37. The number of benzene rings is 2. The highest BCUT2D eigenvalue weighted by molar-refractivity contribution is 6.02. The number of aryl methyl sites for hydroxylation is 2.